The zero-order valence-corrected chi connectivity index (χ0v) is 19.1. The molecule has 6 nitrogen and oxygen atoms in total. The zero-order chi connectivity index (χ0) is 21.8. The average Bonchev–Trinajstić information content (AvgIpc) is 3.08. The van der Waals surface area contributed by atoms with Crippen molar-refractivity contribution in [2.45, 2.75) is 39.7 Å². The molecule has 1 atom stereocenters. The van der Waals surface area contributed by atoms with Crippen molar-refractivity contribution in [1.82, 2.24) is 10.2 Å². The minimum Gasteiger partial charge on any atom is -0.466 e. The van der Waals surface area contributed by atoms with Crippen LogP contribution in [-0.4, -0.2) is 35.6 Å². The number of nitrogens with zero attached hydrogens (tertiary/aromatic N) is 2. The van der Waals surface area contributed by atoms with E-state index in [0.29, 0.717) is 28.8 Å². The largest absolute Gasteiger partial charge is 0.466 e. The molecule has 2 aliphatic rings. The number of amidine groups is 1. The van der Waals surface area contributed by atoms with Crippen molar-refractivity contribution in [3.8, 4) is 0 Å². The molecule has 0 unspecified atom stereocenters. The fraction of sp³-hybridized carbons (Fsp3) is 0.409. The minimum atomic E-state index is -0.464. The number of methoxy groups -OCH3 is 1. The number of thioether (sulfide) groups is 1. The Morgan fingerprint density at radius 2 is 2.13 bits per heavy atom. The van der Waals surface area contributed by atoms with E-state index in [-0.39, 0.29) is 12.3 Å². The SMILES string of the molecule is COC(=O)C1=C(C)N=C2SC=C(CC(=O)NCCC(C)C)N2[C@@H]1c1cccc(Cl)c1. The summed E-state index contributed by atoms with van der Waals surface area (Å²) in [6.07, 6.45) is 1.13. The van der Waals surface area contributed by atoms with Crippen LogP contribution in [0.3, 0.4) is 0 Å². The fourth-order valence-corrected chi connectivity index (χ4v) is 4.62. The molecule has 3 rings (SSSR count). The Hall–Kier alpha value is -2.25. The number of benzene rings is 1. The third-order valence-electron chi connectivity index (χ3n) is 4.96. The van der Waals surface area contributed by atoms with Crippen molar-refractivity contribution in [2.24, 2.45) is 10.9 Å². The van der Waals surface area contributed by atoms with E-state index in [1.54, 1.807) is 13.0 Å². The number of carbonyl (C=O) groups excluding carboxylic acids is 2. The molecule has 0 radical (unpaired) electrons. The maximum absolute atomic E-state index is 12.7. The van der Waals surface area contributed by atoms with E-state index in [1.807, 2.05) is 28.5 Å². The summed E-state index contributed by atoms with van der Waals surface area (Å²) >= 11 is 7.69. The van der Waals surface area contributed by atoms with E-state index in [9.17, 15) is 9.59 Å². The summed E-state index contributed by atoms with van der Waals surface area (Å²) < 4.78 is 5.05. The highest BCUT2D eigenvalue weighted by molar-refractivity contribution is 8.16. The lowest BCUT2D eigenvalue weighted by Crippen LogP contribution is -2.38. The van der Waals surface area contributed by atoms with Crippen LogP contribution in [-0.2, 0) is 14.3 Å². The number of halogens is 1. The molecule has 0 fully saturated rings. The molecule has 0 saturated heterocycles. The molecule has 0 saturated carbocycles. The zero-order valence-electron chi connectivity index (χ0n) is 17.6. The van der Waals surface area contributed by atoms with Crippen molar-refractivity contribution in [2.75, 3.05) is 13.7 Å². The molecule has 1 N–H and O–H groups in total. The summed E-state index contributed by atoms with van der Waals surface area (Å²) in [4.78, 5) is 31.7. The van der Waals surface area contributed by atoms with E-state index in [0.717, 1.165) is 22.8 Å². The monoisotopic (exact) mass is 447 g/mol. The first-order chi connectivity index (χ1) is 14.3. The standard InChI is InChI=1S/C22H26ClN3O3S/c1-13(2)8-9-24-18(27)11-17-12-30-22-25-14(3)19(21(28)29-4)20(26(17)22)15-6-5-7-16(23)10-15/h5-7,10,12-13,20H,8-9,11H2,1-4H3,(H,24,27)/t20-/m1/s1. The van der Waals surface area contributed by atoms with E-state index in [4.69, 9.17) is 16.3 Å². The Bertz CT molecular complexity index is 939. The van der Waals surface area contributed by atoms with Crippen LogP contribution in [0.25, 0.3) is 0 Å². The molecule has 160 valence electrons. The summed E-state index contributed by atoms with van der Waals surface area (Å²) in [6.45, 7) is 6.68. The number of aliphatic imine (C=N–C) groups is 1. The molecule has 2 heterocycles. The van der Waals surface area contributed by atoms with Crippen molar-refractivity contribution in [3.63, 3.8) is 0 Å². The van der Waals surface area contributed by atoms with Gasteiger partial charge >= 0.3 is 5.97 Å². The normalized spacial score (nSPS) is 18.2. The number of amides is 1. The molecular weight excluding hydrogens is 422 g/mol. The molecule has 2 aliphatic heterocycles. The molecule has 0 aliphatic carbocycles. The number of allylic oxidation sites excluding steroid dienone is 1. The second kappa shape index (κ2) is 9.71. The van der Waals surface area contributed by atoms with E-state index < -0.39 is 12.0 Å². The number of rotatable bonds is 7. The maximum atomic E-state index is 12.7. The van der Waals surface area contributed by atoms with Gasteiger partial charge in [0.25, 0.3) is 0 Å². The Kier molecular flexibility index (Phi) is 7.26. The van der Waals surface area contributed by atoms with Crippen molar-refractivity contribution in [1.29, 1.82) is 0 Å². The highest BCUT2D eigenvalue weighted by Gasteiger charge is 2.41. The lowest BCUT2D eigenvalue weighted by Gasteiger charge is -2.36. The van der Waals surface area contributed by atoms with Crippen LogP contribution in [0.2, 0.25) is 5.02 Å². The first kappa shape index (κ1) is 22.4. The third-order valence-corrected chi connectivity index (χ3v) is 6.08. The predicted molar refractivity (Wildman–Crippen MR) is 121 cm³/mol. The number of hydrogen-bond acceptors (Lipinski definition) is 6. The van der Waals surface area contributed by atoms with Gasteiger partial charge in [0, 0.05) is 17.3 Å². The second-order valence-corrected chi connectivity index (χ2v) is 8.92. The van der Waals surface area contributed by atoms with Crippen LogP contribution in [0.5, 0.6) is 0 Å². The fourth-order valence-electron chi connectivity index (χ4n) is 3.46. The number of fused-ring (bicyclic) bond motifs is 1. The molecule has 0 spiro atoms. The van der Waals surface area contributed by atoms with Gasteiger partial charge in [-0.05, 0) is 42.4 Å². The van der Waals surface area contributed by atoms with E-state index >= 15 is 0 Å². The molecule has 8 heteroatoms. The molecule has 1 aromatic rings. The van der Waals surface area contributed by atoms with Crippen LogP contribution in [0, 0.1) is 5.92 Å². The summed E-state index contributed by atoms with van der Waals surface area (Å²) in [5.41, 5.74) is 2.67. The van der Waals surface area contributed by atoms with Gasteiger partial charge in [0.1, 0.15) is 0 Å². The Balaban J connectivity index is 1.92. The van der Waals surface area contributed by atoms with Gasteiger partial charge in [0.2, 0.25) is 5.91 Å². The summed E-state index contributed by atoms with van der Waals surface area (Å²) in [6, 6.07) is 6.91. The molecule has 0 aromatic heterocycles. The highest BCUT2D eigenvalue weighted by Crippen LogP contribution is 2.45. The van der Waals surface area contributed by atoms with Crippen LogP contribution in [0.15, 0.2) is 51.6 Å². The number of hydrogen-bond donors (Lipinski definition) is 1. The smallest absolute Gasteiger partial charge is 0.338 e. The molecule has 1 aromatic carbocycles. The van der Waals surface area contributed by atoms with Crippen molar-refractivity contribution < 1.29 is 14.3 Å². The van der Waals surface area contributed by atoms with Gasteiger partial charge in [-0.25, -0.2) is 9.79 Å². The first-order valence-electron chi connectivity index (χ1n) is 9.86. The van der Waals surface area contributed by atoms with Gasteiger partial charge in [-0.2, -0.15) is 0 Å². The minimum absolute atomic E-state index is 0.0560. The van der Waals surface area contributed by atoms with Gasteiger partial charge in [-0.3, -0.25) is 4.79 Å². The number of esters is 1. The van der Waals surface area contributed by atoms with Crippen LogP contribution >= 0.6 is 23.4 Å². The summed E-state index contributed by atoms with van der Waals surface area (Å²) in [5.74, 6) is 0.0210. The number of nitrogens with one attached hydrogen (secondary N) is 1. The third kappa shape index (κ3) is 4.90. The van der Waals surface area contributed by atoms with Crippen LogP contribution in [0.4, 0.5) is 0 Å². The van der Waals surface area contributed by atoms with Gasteiger partial charge in [0.05, 0.1) is 30.8 Å². The Morgan fingerprint density at radius 3 is 2.80 bits per heavy atom. The summed E-state index contributed by atoms with van der Waals surface area (Å²) in [5, 5.41) is 6.20. The van der Waals surface area contributed by atoms with E-state index in [2.05, 4.69) is 24.2 Å². The predicted octanol–water partition coefficient (Wildman–Crippen LogP) is 4.64. The number of carbonyl (C=O) groups is 2. The summed E-state index contributed by atoms with van der Waals surface area (Å²) in [7, 11) is 1.36. The molecule has 1 amide bonds. The molecule has 0 bridgehead atoms. The Labute approximate surface area is 186 Å². The second-order valence-electron chi connectivity index (χ2n) is 7.65. The highest BCUT2D eigenvalue weighted by atomic mass is 35.5. The topological polar surface area (TPSA) is 71.0 Å². The maximum Gasteiger partial charge on any atom is 0.338 e. The van der Waals surface area contributed by atoms with Crippen LogP contribution < -0.4 is 5.32 Å². The lowest BCUT2D eigenvalue weighted by atomic mass is 9.94. The first-order valence-corrected chi connectivity index (χ1v) is 11.1. The van der Waals surface area contributed by atoms with Crippen molar-refractivity contribution in [3.05, 3.63) is 57.2 Å². The van der Waals surface area contributed by atoms with Gasteiger partial charge < -0.3 is 15.0 Å². The van der Waals surface area contributed by atoms with Crippen molar-refractivity contribution >= 4 is 40.4 Å². The van der Waals surface area contributed by atoms with Gasteiger partial charge in [-0.15, -0.1) is 0 Å². The van der Waals surface area contributed by atoms with Gasteiger partial charge in [0.15, 0.2) is 5.17 Å². The van der Waals surface area contributed by atoms with Gasteiger partial charge in [-0.1, -0.05) is 49.3 Å². The molecule has 30 heavy (non-hydrogen) atoms. The van der Waals surface area contributed by atoms with E-state index in [1.165, 1.54) is 18.9 Å². The molecular formula is C22H26ClN3O3S. The quantitative estimate of drug-likeness (QED) is 0.616. The average molecular weight is 448 g/mol. The van der Waals surface area contributed by atoms with Crippen LogP contribution in [0.1, 0.15) is 45.2 Å². The Morgan fingerprint density at radius 1 is 1.37 bits per heavy atom. The lowest BCUT2D eigenvalue weighted by molar-refractivity contribution is -0.136. The number of ether oxygens (including phenoxy) is 1.